The number of hydrogen-bond acceptors (Lipinski definition) is 3. The molecule has 0 radical (unpaired) electrons. The van der Waals surface area contributed by atoms with Crippen LogP contribution in [0.5, 0.6) is 0 Å². The summed E-state index contributed by atoms with van der Waals surface area (Å²) in [7, 11) is 0. The fraction of sp³-hybridized carbons (Fsp3) is 0.765. The zero-order chi connectivity index (χ0) is 14.4. The molecule has 0 aromatic carbocycles. The maximum atomic E-state index is 5.86. The van der Waals surface area contributed by atoms with E-state index in [1.165, 1.54) is 37.7 Å². The van der Waals surface area contributed by atoms with Crippen LogP contribution in [0.1, 0.15) is 63.0 Å². The van der Waals surface area contributed by atoms with Crippen molar-refractivity contribution in [2.24, 2.45) is 0 Å². The minimum absolute atomic E-state index is 0.778. The molecule has 0 spiro atoms. The van der Waals surface area contributed by atoms with E-state index in [-0.39, 0.29) is 0 Å². The van der Waals surface area contributed by atoms with Crippen molar-refractivity contribution in [1.29, 1.82) is 0 Å². The minimum atomic E-state index is 0.778. The van der Waals surface area contributed by atoms with Gasteiger partial charge in [0.15, 0.2) is 0 Å². The lowest BCUT2D eigenvalue weighted by Crippen LogP contribution is -2.36. The Morgan fingerprint density at radius 1 is 1.25 bits per heavy atom. The van der Waals surface area contributed by atoms with Crippen LogP contribution in [0.3, 0.4) is 0 Å². The van der Waals surface area contributed by atoms with Crippen LogP contribution in [0, 0.1) is 6.92 Å². The summed E-state index contributed by atoms with van der Waals surface area (Å²) in [4.78, 5) is 2.63. The van der Waals surface area contributed by atoms with E-state index in [1.807, 2.05) is 0 Å². The van der Waals surface area contributed by atoms with E-state index < -0.39 is 0 Å². The van der Waals surface area contributed by atoms with Crippen molar-refractivity contribution in [2.45, 2.75) is 72.0 Å². The molecule has 1 aromatic heterocycles. The molecule has 1 heterocycles. The van der Waals surface area contributed by atoms with Gasteiger partial charge in [-0.25, -0.2) is 0 Å². The van der Waals surface area contributed by atoms with Crippen LogP contribution in [-0.4, -0.2) is 24.0 Å². The number of rotatable bonds is 7. The third kappa shape index (κ3) is 4.10. The van der Waals surface area contributed by atoms with E-state index in [2.05, 4.69) is 37.1 Å². The van der Waals surface area contributed by atoms with E-state index in [0.717, 1.165) is 43.7 Å². The molecule has 0 unspecified atom stereocenters. The topological polar surface area (TPSA) is 28.4 Å². The van der Waals surface area contributed by atoms with E-state index in [0.29, 0.717) is 0 Å². The average Bonchev–Trinajstić information content (AvgIpc) is 2.83. The maximum absolute atomic E-state index is 5.86. The summed E-state index contributed by atoms with van der Waals surface area (Å²) >= 11 is 0. The first kappa shape index (κ1) is 15.6. The Labute approximate surface area is 123 Å². The Bertz CT molecular complexity index is 394. The summed E-state index contributed by atoms with van der Waals surface area (Å²) in [5.74, 6) is 2.16. The molecular weight excluding hydrogens is 248 g/mol. The molecule has 3 heteroatoms. The lowest BCUT2D eigenvalue weighted by atomic mass is 9.94. The van der Waals surface area contributed by atoms with Crippen LogP contribution in [-0.2, 0) is 13.1 Å². The largest absolute Gasteiger partial charge is 0.465 e. The van der Waals surface area contributed by atoms with Gasteiger partial charge in [0.05, 0.1) is 6.54 Å². The predicted octanol–water partition coefficient (Wildman–Crippen LogP) is 3.85. The second kappa shape index (κ2) is 7.84. The molecule has 1 fully saturated rings. The van der Waals surface area contributed by atoms with Crippen LogP contribution in [0.15, 0.2) is 10.5 Å². The molecular formula is C17H30N2O. The summed E-state index contributed by atoms with van der Waals surface area (Å²) in [5.41, 5.74) is 1.37. The molecule has 20 heavy (non-hydrogen) atoms. The smallest absolute Gasteiger partial charge is 0.118 e. The molecule has 3 nitrogen and oxygen atoms in total. The van der Waals surface area contributed by atoms with E-state index in [1.54, 1.807) is 0 Å². The SMILES string of the molecule is CCNCc1cc(CN(CC)C2CCCCC2)c(C)o1. The van der Waals surface area contributed by atoms with Gasteiger partial charge in [-0.05, 0) is 38.9 Å². The lowest BCUT2D eigenvalue weighted by molar-refractivity contribution is 0.155. The van der Waals surface area contributed by atoms with Crippen LogP contribution in [0.4, 0.5) is 0 Å². The van der Waals surface area contributed by atoms with Gasteiger partial charge in [-0.15, -0.1) is 0 Å². The number of furan rings is 1. The average molecular weight is 278 g/mol. The van der Waals surface area contributed by atoms with Crippen molar-refractivity contribution in [1.82, 2.24) is 10.2 Å². The third-order valence-electron chi connectivity index (χ3n) is 4.49. The maximum Gasteiger partial charge on any atom is 0.118 e. The fourth-order valence-electron chi connectivity index (χ4n) is 3.24. The molecule has 1 saturated carbocycles. The van der Waals surface area contributed by atoms with Crippen LogP contribution >= 0.6 is 0 Å². The minimum Gasteiger partial charge on any atom is -0.465 e. The van der Waals surface area contributed by atoms with Crippen molar-refractivity contribution in [3.8, 4) is 0 Å². The van der Waals surface area contributed by atoms with Gasteiger partial charge >= 0.3 is 0 Å². The molecule has 0 saturated heterocycles. The highest BCUT2D eigenvalue weighted by molar-refractivity contribution is 5.21. The zero-order valence-electron chi connectivity index (χ0n) is 13.4. The van der Waals surface area contributed by atoms with E-state index in [4.69, 9.17) is 4.42 Å². The molecule has 2 rings (SSSR count). The van der Waals surface area contributed by atoms with Gasteiger partial charge in [0.1, 0.15) is 11.5 Å². The molecule has 0 bridgehead atoms. The standard InChI is InChI=1S/C17H30N2O/c1-4-18-12-17-11-15(14(3)20-17)13-19(5-2)16-9-7-6-8-10-16/h11,16,18H,4-10,12-13H2,1-3H3. The van der Waals surface area contributed by atoms with Gasteiger partial charge in [-0.1, -0.05) is 33.1 Å². The first-order valence-corrected chi connectivity index (χ1v) is 8.27. The van der Waals surface area contributed by atoms with Gasteiger partial charge in [0, 0.05) is 18.2 Å². The number of aryl methyl sites for hydroxylation is 1. The lowest BCUT2D eigenvalue weighted by Gasteiger charge is -2.33. The van der Waals surface area contributed by atoms with Crippen molar-refractivity contribution >= 4 is 0 Å². The Kier molecular flexibility index (Phi) is 6.11. The van der Waals surface area contributed by atoms with Crippen LogP contribution < -0.4 is 5.32 Å². The van der Waals surface area contributed by atoms with Crippen molar-refractivity contribution in [3.05, 3.63) is 23.2 Å². The van der Waals surface area contributed by atoms with E-state index in [9.17, 15) is 0 Å². The molecule has 1 aliphatic carbocycles. The van der Waals surface area contributed by atoms with Gasteiger partial charge in [-0.3, -0.25) is 4.90 Å². The van der Waals surface area contributed by atoms with Crippen LogP contribution in [0.2, 0.25) is 0 Å². The zero-order valence-corrected chi connectivity index (χ0v) is 13.4. The molecule has 0 aliphatic heterocycles. The third-order valence-corrected chi connectivity index (χ3v) is 4.49. The van der Waals surface area contributed by atoms with Crippen molar-refractivity contribution < 1.29 is 4.42 Å². The fourth-order valence-corrected chi connectivity index (χ4v) is 3.24. The highest BCUT2D eigenvalue weighted by Gasteiger charge is 2.21. The summed E-state index contributed by atoms with van der Waals surface area (Å²) in [6.07, 6.45) is 6.96. The molecule has 1 N–H and O–H groups in total. The van der Waals surface area contributed by atoms with Crippen LogP contribution in [0.25, 0.3) is 0 Å². The summed E-state index contributed by atoms with van der Waals surface area (Å²) < 4.78 is 5.86. The molecule has 0 atom stereocenters. The molecule has 1 aliphatic rings. The van der Waals surface area contributed by atoms with Gasteiger partial charge in [0.2, 0.25) is 0 Å². The number of nitrogens with zero attached hydrogens (tertiary/aromatic N) is 1. The normalized spacial score (nSPS) is 17.0. The summed E-state index contributed by atoms with van der Waals surface area (Å²) in [6, 6.07) is 3.02. The van der Waals surface area contributed by atoms with Gasteiger partial charge < -0.3 is 9.73 Å². The number of nitrogens with one attached hydrogen (secondary N) is 1. The second-order valence-electron chi connectivity index (χ2n) is 5.93. The monoisotopic (exact) mass is 278 g/mol. The highest BCUT2D eigenvalue weighted by atomic mass is 16.3. The number of hydrogen-bond donors (Lipinski definition) is 1. The predicted molar refractivity (Wildman–Crippen MR) is 83.8 cm³/mol. The second-order valence-corrected chi connectivity index (χ2v) is 5.93. The first-order chi connectivity index (χ1) is 9.74. The molecule has 1 aromatic rings. The Balaban J connectivity index is 1.97. The summed E-state index contributed by atoms with van der Waals surface area (Å²) in [5, 5.41) is 3.33. The Morgan fingerprint density at radius 3 is 2.65 bits per heavy atom. The highest BCUT2D eigenvalue weighted by Crippen LogP contribution is 2.25. The summed E-state index contributed by atoms with van der Waals surface area (Å²) in [6.45, 7) is 10.5. The first-order valence-electron chi connectivity index (χ1n) is 8.27. The van der Waals surface area contributed by atoms with Crippen molar-refractivity contribution in [2.75, 3.05) is 13.1 Å². The van der Waals surface area contributed by atoms with Crippen molar-refractivity contribution in [3.63, 3.8) is 0 Å². The van der Waals surface area contributed by atoms with Gasteiger partial charge in [0.25, 0.3) is 0 Å². The van der Waals surface area contributed by atoms with Gasteiger partial charge in [-0.2, -0.15) is 0 Å². The molecule has 114 valence electrons. The van der Waals surface area contributed by atoms with E-state index >= 15 is 0 Å². The Morgan fingerprint density at radius 2 is 2.00 bits per heavy atom. The Hall–Kier alpha value is -0.800. The molecule has 0 amide bonds. The quantitative estimate of drug-likeness (QED) is 0.821.